The number of methoxy groups -OCH3 is 1. The van der Waals surface area contributed by atoms with Gasteiger partial charge >= 0.3 is 5.97 Å². The highest BCUT2D eigenvalue weighted by Crippen LogP contribution is 2.25. The monoisotopic (exact) mass is 368 g/mol. The number of benzene rings is 2. The summed E-state index contributed by atoms with van der Waals surface area (Å²) in [7, 11) is 1.58. The van der Waals surface area contributed by atoms with Crippen molar-refractivity contribution in [1.82, 2.24) is 0 Å². The first kappa shape index (κ1) is 18.5. The fourth-order valence-electron chi connectivity index (χ4n) is 2.77. The highest BCUT2D eigenvalue weighted by molar-refractivity contribution is 5.83. The summed E-state index contributed by atoms with van der Waals surface area (Å²) in [5.74, 6) is -0.211. The van der Waals surface area contributed by atoms with Crippen LogP contribution in [0.15, 0.2) is 57.9 Å². The van der Waals surface area contributed by atoms with E-state index in [2.05, 4.69) is 0 Å². The minimum Gasteiger partial charge on any atom is -0.497 e. The molecule has 0 saturated heterocycles. The molecular formula is C21H20O6. The topological polar surface area (TPSA) is 86.0 Å². The van der Waals surface area contributed by atoms with Crippen molar-refractivity contribution >= 4 is 16.9 Å². The Hall–Kier alpha value is -3.28. The summed E-state index contributed by atoms with van der Waals surface area (Å²) in [5, 5.41) is 9.65. The molecule has 1 heterocycles. The fraction of sp³-hybridized carbons (Fsp3) is 0.238. The number of aliphatic carboxylic acids is 1. The maximum atomic E-state index is 12.8. The first-order valence-electron chi connectivity index (χ1n) is 8.50. The van der Waals surface area contributed by atoms with Gasteiger partial charge < -0.3 is 19.0 Å². The SMILES string of the molecule is COc1ccc(-c2coc3cc(OC(C(=O)O)C(C)C)ccc3c2=O)cc1. The Labute approximate surface area is 156 Å². The lowest BCUT2D eigenvalue weighted by Gasteiger charge is -2.18. The Morgan fingerprint density at radius 2 is 1.74 bits per heavy atom. The molecule has 2 aromatic carbocycles. The molecule has 0 aliphatic carbocycles. The summed E-state index contributed by atoms with van der Waals surface area (Å²) >= 11 is 0. The number of rotatable bonds is 6. The molecule has 3 rings (SSSR count). The predicted molar refractivity (Wildman–Crippen MR) is 101 cm³/mol. The minimum absolute atomic E-state index is 0.174. The summed E-state index contributed by atoms with van der Waals surface area (Å²) in [6, 6.07) is 11.8. The van der Waals surface area contributed by atoms with Gasteiger partial charge in [0, 0.05) is 12.0 Å². The predicted octanol–water partition coefficient (Wildman–Crippen LogP) is 3.96. The van der Waals surface area contributed by atoms with E-state index in [9.17, 15) is 14.7 Å². The molecule has 140 valence electrons. The third-order valence-corrected chi connectivity index (χ3v) is 4.26. The molecular weight excluding hydrogens is 348 g/mol. The maximum absolute atomic E-state index is 12.8. The highest BCUT2D eigenvalue weighted by atomic mass is 16.5. The lowest BCUT2D eigenvalue weighted by atomic mass is 10.1. The van der Waals surface area contributed by atoms with Gasteiger partial charge in [-0.2, -0.15) is 0 Å². The van der Waals surface area contributed by atoms with E-state index in [0.717, 1.165) is 5.56 Å². The number of carbonyl (C=O) groups is 1. The van der Waals surface area contributed by atoms with Crippen LogP contribution in [0.2, 0.25) is 0 Å². The molecule has 1 atom stereocenters. The van der Waals surface area contributed by atoms with Crippen molar-refractivity contribution in [1.29, 1.82) is 0 Å². The molecule has 6 heteroatoms. The summed E-state index contributed by atoms with van der Waals surface area (Å²) in [6.07, 6.45) is 0.417. The van der Waals surface area contributed by atoms with Crippen LogP contribution in [-0.4, -0.2) is 24.3 Å². The van der Waals surface area contributed by atoms with E-state index < -0.39 is 12.1 Å². The Balaban J connectivity index is 1.97. The quantitative estimate of drug-likeness (QED) is 0.709. The van der Waals surface area contributed by atoms with Crippen molar-refractivity contribution < 1.29 is 23.8 Å². The zero-order chi connectivity index (χ0) is 19.6. The standard InChI is InChI=1S/C21H20O6/c1-12(2)20(21(23)24)27-15-8-9-16-18(10-15)26-11-17(19(16)22)13-4-6-14(25-3)7-5-13/h4-12,20H,1-3H3,(H,23,24). The van der Waals surface area contributed by atoms with E-state index in [0.29, 0.717) is 28.0 Å². The molecule has 1 aromatic heterocycles. The zero-order valence-corrected chi connectivity index (χ0v) is 15.3. The molecule has 27 heavy (non-hydrogen) atoms. The molecule has 0 aliphatic heterocycles. The van der Waals surface area contributed by atoms with Gasteiger partial charge in [-0.25, -0.2) is 4.79 Å². The van der Waals surface area contributed by atoms with Gasteiger partial charge in [-0.1, -0.05) is 26.0 Å². The first-order valence-corrected chi connectivity index (χ1v) is 8.50. The van der Waals surface area contributed by atoms with E-state index in [1.807, 2.05) is 0 Å². The average molecular weight is 368 g/mol. The van der Waals surface area contributed by atoms with E-state index in [1.54, 1.807) is 57.4 Å². The van der Waals surface area contributed by atoms with Gasteiger partial charge in [0.2, 0.25) is 0 Å². The van der Waals surface area contributed by atoms with E-state index in [1.165, 1.54) is 12.3 Å². The number of fused-ring (bicyclic) bond motifs is 1. The summed E-state index contributed by atoms with van der Waals surface area (Å²) in [5.41, 5.74) is 1.32. The number of carboxylic acid groups (broad SMARTS) is 1. The van der Waals surface area contributed by atoms with E-state index in [4.69, 9.17) is 13.9 Å². The molecule has 6 nitrogen and oxygen atoms in total. The third-order valence-electron chi connectivity index (χ3n) is 4.26. The van der Waals surface area contributed by atoms with Gasteiger partial charge in [0.15, 0.2) is 11.5 Å². The molecule has 1 N–H and O–H groups in total. The molecule has 0 amide bonds. The van der Waals surface area contributed by atoms with Crippen LogP contribution in [0.5, 0.6) is 11.5 Å². The largest absolute Gasteiger partial charge is 0.497 e. The third kappa shape index (κ3) is 3.79. The average Bonchev–Trinajstić information content (AvgIpc) is 2.66. The van der Waals surface area contributed by atoms with Crippen molar-refractivity contribution in [3.63, 3.8) is 0 Å². The number of carboxylic acids is 1. The summed E-state index contributed by atoms with van der Waals surface area (Å²) in [4.78, 5) is 24.1. The highest BCUT2D eigenvalue weighted by Gasteiger charge is 2.23. The van der Waals surface area contributed by atoms with Gasteiger partial charge in [-0.15, -0.1) is 0 Å². The van der Waals surface area contributed by atoms with Crippen LogP contribution in [0, 0.1) is 5.92 Å². The number of ether oxygens (including phenoxy) is 2. The van der Waals surface area contributed by atoms with Gasteiger partial charge in [0.25, 0.3) is 0 Å². The smallest absolute Gasteiger partial charge is 0.345 e. The lowest BCUT2D eigenvalue weighted by Crippen LogP contribution is -2.32. The normalized spacial score (nSPS) is 12.1. The molecule has 1 unspecified atom stereocenters. The number of hydrogen-bond donors (Lipinski definition) is 1. The molecule has 3 aromatic rings. The van der Waals surface area contributed by atoms with E-state index >= 15 is 0 Å². The van der Waals surface area contributed by atoms with Gasteiger partial charge in [-0.05, 0) is 29.8 Å². The van der Waals surface area contributed by atoms with Gasteiger partial charge in [0.1, 0.15) is 23.3 Å². The molecule has 0 bridgehead atoms. The lowest BCUT2D eigenvalue weighted by molar-refractivity contribution is -0.147. The molecule has 0 fully saturated rings. The molecule has 0 spiro atoms. The second-order valence-corrected chi connectivity index (χ2v) is 6.49. The van der Waals surface area contributed by atoms with Crippen molar-refractivity contribution in [2.45, 2.75) is 20.0 Å². The minimum atomic E-state index is -1.04. The van der Waals surface area contributed by atoms with Gasteiger partial charge in [-0.3, -0.25) is 4.79 Å². The summed E-state index contributed by atoms with van der Waals surface area (Å²) in [6.45, 7) is 3.53. The Kier molecular flexibility index (Phi) is 5.16. The summed E-state index contributed by atoms with van der Waals surface area (Å²) < 4.78 is 16.3. The van der Waals surface area contributed by atoms with Crippen LogP contribution in [0.3, 0.4) is 0 Å². The van der Waals surface area contributed by atoms with Crippen molar-refractivity contribution in [3.05, 3.63) is 59.0 Å². The Morgan fingerprint density at radius 3 is 2.33 bits per heavy atom. The van der Waals surface area contributed by atoms with Crippen LogP contribution < -0.4 is 14.9 Å². The van der Waals surface area contributed by atoms with Crippen LogP contribution in [0.1, 0.15) is 13.8 Å². The van der Waals surface area contributed by atoms with Crippen LogP contribution >= 0.6 is 0 Å². The van der Waals surface area contributed by atoms with Gasteiger partial charge in [0.05, 0.1) is 18.1 Å². The van der Waals surface area contributed by atoms with Crippen LogP contribution in [-0.2, 0) is 4.79 Å². The maximum Gasteiger partial charge on any atom is 0.345 e. The van der Waals surface area contributed by atoms with Crippen molar-refractivity contribution in [3.8, 4) is 22.6 Å². The second-order valence-electron chi connectivity index (χ2n) is 6.49. The molecule has 0 radical (unpaired) electrons. The van der Waals surface area contributed by atoms with E-state index in [-0.39, 0.29) is 11.3 Å². The second kappa shape index (κ2) is 7.53. The van der Waals surface area contributed by atoms with Crippen LogP contribution in [0.4, 0.5) is 0 Å². The molecule has 0 aliphatic rings. The first-order chi connectivity index (χ1) is 12.9. The molecule has 0 saturated carbocycles. The zero-order valence-electron chi connectivity index (χ0n) is 15.3. The van der Waals surface area contributed by atoms with Crippen molar-refractivity contribution in [2.24, 2.45) is 5.92 Å². The number of hydrogen-bond acceptors (Lipinski definition) is 5. The Morgan fingerprint density at radius 1 is 1.07 bits per heavy atom. The van der Waals surface area contributed by atoms with Crippen LogP contribution in [0.25, 0.3) is 22.1 Å². The van der Waals surface area contributed by atoms with Crippen molar-refractivity contribution in [2.75, 3.05) is 7.11 Å². The fourth-order valence-corrected chi connectivity index (χ4v) is 2.77. The Bertz CT molecular complexity index is 1020.